The lowest BCUT2D eigenvalue weighted by atomic mass is 9.95. The van der Waals surface area contributed by atoms with Gasteiger partial charge in [0.1, 0.15) is 6.04 Å². The van der Waals surface area contributed by atoms with Crippen molar-refractivity contribution in [1.82, 2.24) is 25.3 Å². The monoisotopic (exact) mass is 631 g/mol. The molecule has 5 rings (SSSR count). The van der Waals surface area contributed by atoms with Crippen LogP contribution in [0.25, 0.3) is 0 Å². The van der Waals surface area contributed by atoms with Crippen LogP contribution in [-0.4, -0.2) is 91.0 Å². The minimum absolute atomic E-state index is 0.0233. The van der Waals surface area contributed by atoms with Crippen LogP contribution in [-0.2, 0) is 35.4 Å². The Kier molecular flexibility index (Phi) is 13.4. The van der Waals surface area contributed by atoms with E-state index < -0.39 is 6.04 Å². The molecule has 0 spiro atoms. The first-order chi connectivity index (χ1) is 21.8. The van der Waals surface area contributed by atoms with Crippen molar-refractivity contribution in [3.8, 4) is 0 Å². The van der Waals surface area contributed by atoms with Crippen LogP contribution < -0.4 is 10.6 Å². The molecule has 2 aliphatic rings. The zero-order chi connectivity index (χ0) is 32.2. The van der Waals surface area contributed by atoms with Crippen LogP contribution >= 0.6 is 11.6 Å². The van der Waals surface area contributed by atoms with E-state index in [0.29, 0.717) is 43.5 Å². The van der Waals surface area contributed by atoms with Crippen molar-refractivity contribution in [2.45, 2.75) is 64.7 Å². The predicted molar refractivity (Wildman–Crippen MR) is 184 cm³/mol. The SMILES string of the molecule is CC(Cc1ccccc1)N1CCN(C(=O)C(Cc2ccc(Cl)cc2)NC(=O)C2Cc3ccccc3CN2)CC1.CCN(C)CC. The second-order valence-electron chi connectivity index (χ2n) is 12.2. The van der Waals surface area contributed by atoms with E-state index in [1.807, 2.05) is 47.4 Å². The minimum atomic E-state index is -0.633. The number of carbonyl (C=O) groups is 2. The summed E-state index contributed by atoms with van der Waals surface area (Å²) in [7, 11) is 2.11. The number of hydrogen-bond acceptors (Lipinski definition) is 5. The van der Waals surface area contributed by atoms with Crippen molar-refractivity contribution in [2.24, 2.45) is 0 Å². The van der Waals surface area contributed by atoms with Crippen LogP contribution in [0.1, 0.15) is 43.0 Å². The molecule has 1 saturated heterocycles. The number of hydrogen-bond donors (Lipinski definition) is 2. The Labute approximate surface area is 274 Å². The van der Waals surface area contributed by atoms with Gasteiger partial charge < -0.3 is 20.4 Å². The molecule has 2 heterocycles. The molecule has 242 valence electrons. The molecule has 8 heteroatoms. The normalized spacial score (nSPS) is 17.9. The maximum atomic E-state index is 13.8. The van der Waals surface area contributed by atoms with Crippen molar-refractivity contribution < 1.29 is 9.59 Å². The summed E-state index contributed by atoms with van der Waals surface area (Å²) in [6.07, 6.45) is 2.03. The summed E-state index contributed by atoms with van der Waals surface area (Å²) >= 11 is 6.09. The van der Waals surface area contributed by atoms with Gasteiger partial charge in [-0.3, -0.25) is 14.5 Å². The van der Waals surface area contributed by atoms with Gasteiger partial charge in [0.2, 0.25) is 11.8 Å². The van der Waals surface area contributed by atoms with Gasteiger partial charge in [-0.1, -0.05) is 92.2 Å². The molecule has 0 aliphatic carbocycles. The molecule has 2 amide bonds. The second kappa shape index (κ2) is 17.5. The first kappa shape index (κ1) is 34.6. The van der Waals surface area contributed by atoms with Crippen LogP contribution in [0.4, 0.5) is 0 Å². The Morgan fingerprint density at radius 2 is 1.47 bits per heavy atom. The van der Waals surface area contributed by atoms with Gasteiger partial charge in [-0.2, -0.15) is 0 Å². The predicted octanol–water partition coefficient (Wildman–Crippen LogP) is 4.82. The summed E-state index contributed by atoms with van der Waals surface area (Å²) in [5.41, 5.74) is 4.69. The highest BCUT2D eigenvalue weighted by Crippen LogP contribution is 2.18. The summed E-state index contributed by atoms with van der Waals surface area (Å²) in [5, 5.41) is 7.10. The molecule has 0 aromatic heterocycles. The molecule has 3 aromatic carbocycles. The lowest BCUT2D eigenvalue weighted by Crippen LogP contribution is -2.59. The smallest absolute Gasteiger partial charge is 0.245 e. The zero-order valence-corrected chi connectivity index (χ0v) is 28.1. The standard InChI is InChI=1S/C32H37ClN4O2.C5H13N/c1-23(19-24-7-3-2-4-8-24)36-15-17-37(18-16-36)32(39)30(20-25-11-13-28(33)14-12-25)35-31(38)29-21-26-9-5-6-10-27(26)22-34-29;1-4-6(3)5-2/h2-14,23,29-30,34H,15-22H2,1H3,(H,35,38);4-5H2,1-3H3. The molecule has 0 radical (unpaired) electrons. The summed E-state index contributed by atoms with van der Waals surface area (Å²) in [4.78, 5) is 33.8. The minimum Gasteiger partial charge on any atom is -0.343 e. The highest BCUT2D eigenvalue weighted by atomic mass is 35.5. The molecule has 3 unspecified atom stereocenters. The van der Waals surface area contributed by atoms with Gasteiger partial charge in [-0.05, 0) is 74.3 Å². The molecular formula is C37H50ClN5O2. The molecular weight excluding hydrogens is 582 g/mol. The van der Waals surface area contributed by atoms with Crippen LogP contribution in [0.3, 0.4) is 0 Å². The van der Waals surface area contributed by atoms with Crippen molar-refractivity contribution in [2.75, 3.05) is 46.3 Å². The fourth-order valence-electron chi connectivity index (χ4n) is 5.88. The topological polar surface area (TPSA) is 67.9 Å². The van der Waals surface area contributed by atoms with Crippen LogP contribution in [0.5, 0.6) is 0 Å². The number of fused-ring (bicyclic) bond motifs is 1. The first-order valence-corrected chi connectivity index (χ1v) is 16.7. The number of halogens is 1. The third kappa shape index (κ3) is 10.4. The fourth-order valence-corrected chi connectivity index (χ4v) is 6.01. The molecule has 1 fully saturated rings. The Bertz CT molecular complexity index is 1340. The molecule has 2 N–H and O–H groups in total. The number of benzene rings is 3. The van der Waals surface area contributed by atoms with E-state index in [1.165, 1.54) is 16.7 Å². The third-order valence-electron chi connectivity index (χ3n) is 9.07. The second-order valence-corrected chi connectivity index (χ2v) is 12.6. The van der Waals surface area contributed by atoms with Crippen LogP contribution in [0.15, 0.2) is 78.9 Å². The third-order valence-corrected chi connectivity index (χ3v) is 9.32. The van der Waals surface area contributed by atoms with Gasteiger partial charge in [0.05, 0.1) is 6.04 Å². The lowest BCUT2D eigenvalue weighted by molar-refractivity contribution is -0.138. The van der Waals surface area contributed by atoms with Gasteiger partial charge >= 0.3 is 0 Å². The average molecular weight is 632 g/mol. The number of rotatable bonds is 10. The average Bonchev–Trinajstić information content (AvgIpc) is 3.08. The molecule has 3 atom stereocenters. The van der Waals surface area contributed by atoms with Crippen LogP contribution in [0, 0.1) is 0 Å². The molecule has 7 nitrogen and oxygen atoms in total. The number of piperazine rings is 1. The molecule has 2 aliphatic heterocycles. The maximum Gasteiger partial charge on any atom is 0.245 e. The van der Waals surface area contributed by atoms with E-state index in [4.69, 9.17) is 11.6 Å². The van der Waals surface area contributed by atoms with Crippen molar-refractivity contribution >= 4 is 23.4 Å². The van der Waals surface area contributed by atoms with Crippen molar-refractivity contribution in [3.63, 3.8) is 0 Å². The van der Waals surface area contributed by atoms with E-state index in [-0.39, 0.29) is 17.9 Å². The molecule has 0 saturated carbocycles. The lowest BCUT2D eigenvalue weighted by Gasteiger charge is -2.39. The zero-order valence-electron chi connectivity index (χ0n) is 27.3. The van der Waals surface area contributed by atoms with Gasteiger partial charge in [0, 0.05) is 50.2 Å². The largest absolute Gasteiger partial charge is 0.343 e. The van der Waals surface area contributed by atoms with E-state index in [2.05, 4.69) is 84.7 Å². The van der Waals surface area contributed by atoms with E-state index in [9.17, 15) is 9.59 Å². The Morgan fingerprint density at radius 1 is 0.867 bits per heavy atom. The van der Waals surface area contributed by atoms with E-state index >= 15 is 0 Å². The number of nitrogens with zero attached hydrogens (tertiary/aromatic N) is 3. The Balaban J connectivity index is 0.000000700. The molecule has 45 heavy (non-hydrogen) atoms. The van der Waals surface area contributed by atoms with Gasteiger partial charge in [-0.15, -0.1) is 0 Å². The highest BCUT2D eigenvalue weighted by Gasteiger charge is 2.32. The van der Waals surface area contributed by atoms with Gasteiger partial charge in [0.15, 0.2) is 0 Å². The highest BCUT2D eigenvalue weighted by molar-refractivity contribution is 6.30. The summed E-state index contributed by atoms with van der Waals surface area (Å²) in [6.45, 7) is 12.5. The van der Waals surface area contributed by atoms with E-state index in [1.54, 1.807) is 0 Å². The number of amides is 2. The van der Waals surface area contributed by atoms with E-state index in [0.717, 1.165) is 38.2 Å². The summed E-state index contributed by atoms with van der Waals surface area (Å²) in [5.74, 6) is -0.156. The quantitative estimate of drug-likeness (QED) is 0.336. The number of carbonyl (C=O) groups excluding carboxylic acids is 2. The Hall–Kier alpha value is -3.23. The Morgan fingerprint density at radius 3 is 2.09 bits per heavy atom. The van der Waals surface area contributed by atoms with Crippen molar-refractivity contribution in [3.05, 3.63) is 106 Å². The number of nitrogens with one attached hydrogen (secondary N) is 2. The fraction of sp³-hybridized carbons (Fsp3) is 0.459. The van der Waals surface area contributed by atoms with Gasteiger partial charge in [0.25, 0.3) is 0 Å². The summed E-state index contributed by atoms with van der Waals surface area (Å²) in [6, 6.07) is 25.6. The first-order valence-electron chi connectivity index (χ1n) is 16.4. The van der Waals surface area contributed by atoms with Crippen molar-refractivity contribution in [1.29, 1.82) is 0 Å². The maximum absolute atomic E-state index is 13.8. The summed E-state index contributed by atoms with van der Waals surface area (Å²) < 4.78 is 0. The van der Waals surface area contributed by atoms with Crippen LogP contribution in [0.2, 0.25) is 5.02 Å². The van der Waals surface area contributed by atoms with Gasteiger partial charge in [-0.25, -0.2) is 0 Å². The molecule has 0 bridgehead atoms. The molecule has 3 aromatic rings.